The van der Waals surface area contributed by atoms with Crippen LogP contribution in [0.5, 0.6) is 0 Å². The molecule has 1 heterocycles. The lowest BCUT2D eigenvalue weighted by atomic mass is 9.94. The summed E-state index contributed by atoms with van der Waals surface area (Å²) in [4.78, 5) is 10.9. The highest BCUT2D eigenvalue weighted by Gasteiger charge is 2.23. The van der Waals surface area contributed by atoms with Gasteiger partial charge in [-0.2, -0.15) is 11.8 Å². The highest BCUT2D eigenvalue weighted by molar-refractivity contribution is 7.99. The highest BCUT2D eigenvalue weighted by atomic mass is 32.2. The summed E-state index contributed by atoms with van der Waals surface area (Å²) in [5.74, 6) is 2.03. The molecule has 0 unspecified atom stereocenters. The second kappa shape index (κ2) is 5.50. The van der Waals surface area contributed by atoms with Gasteiger partial charge in [0.15, 0.2) is 0 Å². The molecule has 13 heavy (non-hydrogen) atoms. The molecule has 1 rings (SSSR count). The first kappa shape index (κ1) is 10.9. The number of aliphatic hydroxyl groups excluding tert-OH is 1. The average molecular weight is 204 g/mol. The van der Waals surface area contributed by atoms with Gasteiger partial charge in [-0.1, -0.05) is 0 Å². The zero-order chi connectivity index (χ0) is 9.68. The summed E-state index contributed by atoms with van der Waals surface area (Å²) in [7, 11) is 1.40. The van der Waals surface area contributed by atoms with E-state index < -0.39 is 0 Å². The molecule has 0 bridgehead atoms. The molecular formula is C9H16O3S. The molecule has 4 heteroatoms. The van der Waals surface area contributed by atoms with E-state index >= 15 is 0 Å². The summed E-state index contributed by atoms with van der Waals surface area (Å²) in [6.45, 7) is 0. The first-order valence-electron chi connectivity index (χ1n) is 4.56. The maximum atomic E-state index is 10.9. The number of esters is 1. The van der Waals surface area contributed by atoms with Crippen LogP contribution in [0.2, 0.25) is 0 Å². The van der Waals surface area contributed by atoms with E-state index in [1.807, 2.05) is 0 Å². The molecule has 0 aliphatic carbocycles. The Morgan fingerprint density at radius 3 is 3.08 bits per heavy atom. The second-order valence-electron chi connectivity index (χ2n) is 3.31. The monoisotopic (exact) mass is 204 g/mol. The predicted molar refractivity (Wildman–Crippen MR) is 52.7 cm³/mol. The van der Waals surface area contributed by atoms with Crippen molar-refractivity contribution in [3.05, 3.63) is 0 Å². The minimum absolute atomic E-state index is 0.176. The van der Waals surface area contributed by atoms with Crippen molar-refractivity contribution >= 4 is 17.7 Å². The molecule has 1 saturated heterocycles. The number of rotatable bonds is 3. The first-order valence-corrected chi connectivity index (χ1v) is 5.72. The lowest BCUT2D eigenvalue weighted by molar-refractivity contribution is -0.141. The molecule has 1 N–H and O–H groups in total. The lowest BCUT2D eigenvalue weighted by Crippen LogP contribution is -2.28. The molecule has 1 fully saturated rings. The van der Waals surface area contributed by atoms with E-state index in [0.29, 0.717) is 12.3 Å². The van der Waals surface area contributed by atoms with E-state index in [9.17, 15) is 9.90 Å². The Morgan fingerprint density at radius 2 is 2.46 bits per heavy atom. The van der Waals surface area contributed by atoms with Gasteiger partial charge in [0, 0.05) is 12.2 Å². The van der Waals surface area contributed by atoms with Crippen molar-refractivity contribution in [2.75, 3.05) is 18.6 Å². The minimum atomic E-state index is -0.233. The smallest absolute Gasteiger partial charge is 0.305 e. The van der Waals surface area contributed by atoms with E-state index in [0.717, 1.165) is 24.3 Å². The van der Waals surface area contributed by atoms with Crippen LogP contribution in [0, 0.1) is 5.92 Å². The van der Waals surface area contributed by atoms with Crippen molar-refractivity contribution in [1.82, 2.24) is 0 Å². The fourth-order valence-corrected chi connectivity index (χ4v) is 2.66. The van der Waals surface area contributed by atoms with Crippen LogP contribution in [0.1, 0.15) is 19.3 Å². The summed E-state index contributed by atoms with van der Waals surface area (Å²) in [6.07, 6.45) is 1.98. The standard InChI is InChI=1S/C9H16O3S/c1-12-9(11)3-2-7-4-5-13-6-8(7)10/h7-8,10H,2-6H2,1H3/t7-,8+/m0/s1. The Kier molecular flexibility index (Phi) is 4.59. The number of carbonyl (C=O) groups is 1. The van der Waals surface area contributed by atoms with Crippen LogP contribution in [0.3, 0.4) is 0 Å². The number of aliphatic hydroxyl groups is 1. The van der Waals surface area contributed by atoms with E-state index in [1.165, 1.54) is 7.11 Å². The van der Waals surface area contributed by atoms with Crippen molar-refractivity contribution in [1.29, 1.82) is 0 Å². The maximum Gasteiger partial charge on any atom is 0.305 e. The Bertz CT molecular complexity index is 172. The van der Waals surface area contributed by atoms with Gasteiger partial charge in [-0.05, 0) is 24.5 Å². The van der Waals surface area contributed by atoms with Gasteiger partial charge in [0.1, 0.15) is 0 Å². The van der Waals surface area contributed by atoms with Crippen LogP contribution in [0.15, 0.2) is 0 Å². The fraction of sp³-hybridized carbons (Fsp3) is 0.889. The predicted octanol–water partition coefficient (Wildman–Crippen LogP) is 1.05. The molecule has 0 aromatic rings. The number of ether oxygens (including phenoxy) is 1. The summed E-state index contributed by atoms with van der Waals surface area (Å²) in [6, 6.07) is 0. The first-order chi connectivity index (χ1) is 6.24. The van der Waals surface area contributed by atoms with Crippen LogP contribution >= 0.6 is 11.8 Å². The molecule has 0 aromatic heterocycles. The van der Waals surface area contributed by atoms with E-state index in [2.05, 4.69) is 4.74 Å². The Hall–Kier alpha value is -0.220. The van der Waals surface area contributed by atoms with Gasteiger partial charge >= 0.3 is 5.97 Å². The molecular weight excluding hydrogens is 188 g/mol. The zero-order valence-corrected chi connectivity index (χ0v) is 8.68. The van der Waals surface area contributed by atoms with E-state index in [-0.39, 0.29) is 12.1 Å². The molecule has 0 spiro atoms. The molecule has 0 amide bonds. The van der Waals surface area contributed by atoms with E-state index in [4.69, 9.17) is 0 Å². The molecule has 1 aliphatic rings. The Balaban J connectivity index is 2.22. The Labute approximate surface area is 82.8 Å². The molecule has 3 nitrogen and oxygen atoms in total. The fourth-order valence-electron chi connectivity index (χ4n) is 1.51. The number of hydrogen-bond acceptors (Lipinski definition) is 4. The molecule has 76 valence electrons. The second-order valence-corrected chi connectivity index (χ2v) is 4.46. The summed E-state index contributed by atoms with van der Waals surface area (Å²) < 4.78 is 4.55. The maximum absolute atomic E-state index is 10.9. The van der Waals surface area contributed by atoms with Crippen LogP contribution in [0.4, 0.5) is 0 Å². The van der Waals surface area contributed by atoms with Crippen molar-refractivity contribution in [2.45, 2.75) is 25.4 Å². The van der Waals surface area contributed by atoms with Gasteiger partial charge in [-0.15, -0.1) is 0 Å². The van der Waals surface area contributed by atoms with Crippen molar-refractivity contribution in [3.8, 4) is 0 Å². The molecule has 1 aliphatic heterocycles. The number of hydrogen-bond donors (Lipinski definition) is 1. The molecule has 2 atom stereocenters. The van der Waals surface area contributed by atoms with Crippen molar-refractivity contribution < 1.29 is 14.6 Å². The summed E-state index contributed by atoms with van der Waals surface area (Å²) in [5, 5.41) is 9.58. The Morgan fingerprint density at radius 1 is 1.69 bits per heavy atom. The molecule has 0 aromatic carbocycles. The molecule has 0 radical (unpaired) electrons. The SMILES string of the molecule is COC(=O)CC[C@H]1CCSC[C@H]1O. The largest absolute Gasteiger partial charge is 0.469 e. The third kappa shape index (κ3) is 3.56. The van der Waals surface area contributed by atoms with Gasteiger partial charge in [-0.25, -0.2) is 0 Å². The number of thioether (sulfide) groups is 1. The quantitative estimate of drug-likeness (QED) is 0.698. The summed E-state index contributed by atoms with van der Waals surface area (Å²) >= 11 is 1.78. The normalized spacial score (nSPS) is 28.5. The highest BCUT2D eigenvalue weighted by Crippen LogP contribution is 2.26. The third-order valence-corrected chi connectivity index (χ3v) is 3.51. The average Bonchev–Trinajstić information content (AvgIpc) is 2.16. The summed E-state index contributed by atoms with van der Waals surface area (Å²) in [5.41, 5.74) is 0. The van der Waals surface area contributed by atoms with Crippen LogP contribution in [-0.2, 0) is 9.53 Å². The van der Waals surface area contributed by atoms with Crippen LogP contribution in [0.25, 0.3) is 0 Å². The number of methoxy groups -OCH3 is 1. The van der Waals surface area contributed by atoms with Crippen LogP contribution in [-0.4, -0.2) is 35.8 Å². The van der Waals surface area contributed by atoms with Gasteiger partial charge in [0.2, 0.25) is 0 Å². The topological polar surface area (TPSA) is 46.5 Å². The minimum Gasteiger partial charge on any atom is -0.469 e. The lowest BCUT2D eigenvalue weighted by Gasteiger charge is -2.26. The van der Waals surface area contributed by atoms with Crippen molar-refractivity contribution in [2.24, 2.45) is 5.92 Å². The van der Waals surface area contributed by atoms with Crippen LogP contribution < -0.4 is 0 Å². The van der Waals surface area contributed by atoms with Gasteiger partial charge in [0.25, 0.3) is 0 Å². The molecule has 0 saturated carbocycles. The van der Waals surface area contributed by atoms with E-state index in [1.54, 1.807) is 11.8 Å². The van der Waals surface area contributed by atoms with Gasteiger partial charge in [0.05, 0.1) is 13.2 Å². The third-order valence-electron chi connectivity index (χ3n) is 2.41. The van der Waals surface area contributed by atoms with Gasteiger partial charge in [-0.3, -0.25) is 4.79 Å². The zero-order valence-electron chi connectivity index (χ0n) is 7.86. The number of carbonyl (C=O) groups excluding carboxylic acids is 1. The van der Waals surface area contributed by atoms with Gasteiger partial charge < -0.3 is 9.84 Å². The van der Waals surface area contributed by atoms with Crippen molar-refractivity contribution in [3.63, 3.8) is 0 Å².